The van der Waals surface area contributed by atoms with E-state index in [0.717, 1.165) is 12.1 Å². The van der Waals surface area contributed by atoms with Crippen LogP contribution in [0.25, 0.3) is 0 Å². The third-order valence-corrected chi connectivity index (χ3v) is 3.33. The van der Waals surface area contributed by atoms with Gasteiger partial charge in [-0.2, -0.15) is 52.7 Å². The van der Waals surface area contributed by atoms with Crippen molar-refractivity contribution in [1.29, 1.82) is 0 Å². The summed E-state index contributed by atoms with van der Waals surface area (Å²) in [5, 5.41) is 0. The zero-order chi connectivity index (χ0) is 26.1. The largest absolute Gasteiger partial charge is 0.464 e. The summed E-state index contributed by atoms with van der Waals surface area (Å²) in [6.07, 6.45) is -32.3. The number of alkyl halides is 13. The molecule has 0 radical (unpaired) electrons. The molecule has 0 saturated carbocycles. The van der Waals surface area contributed by atoms with Gasteiger partial charge in [0.05, 0.1) is 7.11 Å². The molecular formula is C15H9F13O5. The van der Waals surface area contributed by atoms with E-state index in [0.29, 0.717) is 12.1 Å². The number of para-hydroxylation sites is 1. The molecule has 190 valence electrons. The Kier molecular flexibility index (Phi) is 7.81. The van der Waals surface area contributed by atoms with Gasteiger partial charge in [-0.15, -0.1) is 0 Å². The molecule has 2 atom stereocenters. The van der Waals surface area contributed by atoms with Crippen LogP contribution < -0.4 is 4.74 Å². The minimum atomic E-state index is -7.46. The number of hydrogen-bond donors (Lipinski definition) is 0. The van der Waals surface area contributed by atoms with E-state index in [4.69, 9.17) is 0 Å². The number of ether oxygens (including phenoxy) is 4. The van der Waals surface area contributed by atoms with Crippen LogP contribution in [0.5, 0.6) is 5.75 Å². The number of carbonyl (C=O) groups excluding carboxylic acids is 1. The molecule has 0 aliphatic rings. The molecule has 0 heterocycles. The standard InChI is InChI=1S/C15H9F13O5/c1-30-9(29)10(17,18)14(25,26)33-12(21,13(22,23)24)15(27,28)32-8(16)11(19,20)31-7-5-3-2-4-6-7/h2-6,8H,1H3. The first-order chi connectivity index (χ1) is 14.6. The summed E-state index contributed by atoms with van der Waals surface area (Å²) < 4.78 is 185. The molecule has 0 aliphatic heterocycles. The fourth-order valence-corrected chi connectivity index (χ4v) is 1.74. The van der Waals surface area contributed by atoms with Crippen molar-refractivity contribution in [2.24, 2.45) is 0 Å². The van der Waals surface area contributed by atoms with Gasteiger partial charge in [0.25, 0.3) is 0 Å². The summed E-state index contributed by atoms with van der Waals surface area (Å²) >= 11 is 0. The molecule has 33 heavy (non-hydrogen) atoms. The van der Waals surface area contributed by atoms with Gasteiger partial charge in [-0.05, 0) is 12.1 Å². The molecular weight excluding hydrogens is 507 g/mol. The topological polar surface area (TPSA) is 54.0 Å². The van der Waals surface area contributed by atoms with Crippen LogP contribution in [-0.2, 0) is 19.0 Å². The maximum absolute atomic E-state index is 14.0. The van der Waals surface area contributed by atoms with Crippen LogP contribution in [0, 0.1) is 0 Å². The number of rotatable bonds is 10. The third kappa shape index (κ3) is 5.71. The van der Waals surface area contributed by atoms with Crippen molar-refractivity contribution in [3.63, 3.8) is 0 Å². The molecule has 0 spiro atoms. The van der Waals surface area contributed by atoms with Gasteiger partial charge in [0.15, 0.2) is 0 Å². The summed E-state index contributed by atoms with van der Waals surface area (Å²) in [4.78, 5) is 10.6. The van der Waals surface area contributed by atoms with Crippen LogP contribution in [-0.4, -0.2) is 55.7 Å². The summed E-state index contributed by atoms with van der Waals surface area (Å²) in [6.45, 7) is 0. The van der Waals surface area contributed by atoms with Crippen molar-refractivity contribution in [3.05, 3.63) is 30.3 Å². The van der Waals surface area contributed by atoms with Gasteiger partial charge in [-0.1, -0.05) is 18.2 Å². The first-order valence-electron chi connectivity index (χ1n) is 7.76. The molecule has 2 unspecified atom stereocenters. The van der Waals surface area contributed by atoms with Crippen molar-refractivity contribution in [3.8, 4) is 5.75 Å². The Morgan fingerprint density at radius 1 is 0.818 bits per heavy atom. The molecule has 0 saturated heterocycles. The Bertz CT molecular complexity index is 814. The zero-order valence-electron chi connectivity index (χ0n) is 15.4. The Hall–Kier alpha value is -2.50. The second-order valence-corrected chi connectivity index (χ2v) is 5.71. The first kappa shape index (κ1) is 28.5. The van der Waals surface area contributed by atoms with Crippen molar-refractivity contribution in [2.75, 3.05) is 7.11 Å². The van der Waals surface area contributed by atoms with Crippen LogP contribution in [0.15, 0.2) is 30.3 Å². The fraction of sp³-hybridized carbons (Fsp3) is 0.533. The Morgan fingerprint density at radius 2 is 1.30 bits per heavy atom. The quantitative estimate of drug-likeness (QED) is 0.316. The van der Waals surface area contributed by atoms with Crippen molar-refractivity contribution in [1.82, 2.24) is 0 Å². The van der Waals surface area contributed by atoms with Gasteiger partial charge < -0.3 is 9.47 Å². The molecule has 1 aromatic rings. The Labute approximate surface area is 173 Å². The lowest BCUT2D eigenvalue weighted by atomic mass is 10.2. The molecule has 0 fully saturated rings. The predicted molar refractivity (Wildman–Crippen MR) is 75.8 cm³/mol. The van der Waals surface area contributed by atoms with Gasteiger partial charge in [0.2, 0.25) is 0 Å². The highest BCUT2D eigenvalue weighted by atomic mass is 19.4. The number of hydrogen-bond acceptors (Lipinski definition) is 5. The number of esters is 1. The number of benzene rings is 1. The molecule has 0 amide bonds. The Morgan fingerprint density at radius 3 is 1.73 bits per heavy atom. The maximum atomic E-state index is 14.0. The average Bonchev–Trinajstić information content (AvgIpc) is 2.65. The van der Waals surface area contributed by atoms with Crippen LogP contribution in [0.4, 0.5) is 57.1 Å². The van der Waals surface area contributed by atoms with E-state index >= 15 is 0 Å². The Balaban J connectivity index is 3.31. The fourth-order valence-electron chi connectivity index (χ4n) is 1.74. The van der Waals surface area contributed by atoms with Gasteiger partial charge in [-0.25, -0.2) is 9.18 Å². The molecule has 1 rings (SSSR count). The first-order valence-corrected chi connectivity index (χ1v) is 7.76. The van der Waals surface area contributed by atoms with E-state index < -0.39 is 54.4 Å². The number of halogens is 13. The highest BCUT2D eigenvalue weighted by Crippen LogP contribution is 2.53. The van der Waals surface area contributed by atoms with E-state index in [1.807, 2.05) is 4.74 Å². The van der Waals surface area contributed by atoms with Gasteiger partial charge in [-0.3, -0.25) is 9.47 Å². The average molecular weight is 516 g/mol. The molecule has 1 aromatic carbocycles. The number of carbonyl (C=O) groups is 1. The van der Waals surface area contributed by atoms with Crippen molar-refractivity contribution >= 4 is 5.97 Å². The van der Waals surface area contributed by atoms with Crippen LogP contribution in [0.2, 0.25) is 0 Å². The van der Waals surface area contributed by atoms with E-state index in [1.165, 1.54) is 6.07 Å². The second-order valence-electron chi connectivity index (χ2n) is 5.71. The monoisotopic (exact) mass is 516 g/mol. The maximum Gasteiger partial charge on any atom is 0.458 e. The second kappa shape index (κ2) is 9.03. The molecule has 5 nitrogen and oxygen atoms in total. The van der Waals surface area contributed by atoms with Crippen molar-refractivity contribution in [2.45, 2.75) is 42.6 Å². The molecule has 0 aliphatic carbocycles. The van der Waals surface area contributed by atoms with Crippen molar-refractivity contribution < 1.29 is 80.8 Å². The highest BCUT2D eigenvalue weighted by Gasteiger charge is 2.81. The predicted octanol–water partition coefficient (Wildman–Crippen LogP) is 5.21. The van der Waals surface area contributed by atoms with E-state index in [9.17, 15) is 61.9 Å². The van der Waals surface area contributed by atoms with Gasteiger partial charge in [0, 0.05) is 0 Å². The summed E-state index contributed by atoms with van der Waals surface area (Å²) in [7, 11) is -0.000983. The third-order valence-electron chi connectivity index (χ3n) is 3.33. The van der Waals surface area contributed by atoms with E-state index in [-0.39, 0.29) is 7.11 Å². The molecule has 0 bridgehead atoms. The normalized spacial score (nSPS) is 16.7. The van der Waals surface area contributed by atoms with Crippen LogP contribution >= 0.6 is 0 Å². The minimum Gasteiger partial charge on any atom is -0.464 e. The SMILES string of the molecule is COC(=O)C(F)(F)C(F)(F)OC(F)(C(F)(F)F)C(F)(F)OC(F)C(F)(F)Oc1ccccc1. The zero-order valence-corrected chi connectivity index (χ0v) is 15.4. The lowest BCUT2D eigenvalue weighted by Crippen LogP contribution is -2.65. The number of methoxy groups -OCH3 is 1. The molecule has 18 heteroatoms. The smallest absolute Gasteiger partial charge is 0.458 e. The highest BCUT2D eigenvalue weighted by molar-refractivity contribution is 5.78. The van der Waals surface area contributed by atoms with E-state index in [2.05, 4.69) is 14.2 Å². The van der Waals surface area contributed by atoms with Crippen LogP contribution in [0.3, 0.4) is 0 Å². The minimum absolute atomic E-state index is 0.000983. The lowest BCUT2D eigenvalue weighted by molar-refractivity contribution is -0.529. The van der Waals surface area contributed by atoms with E-state index in [1.54, 1.807) is 0 Å². The summed E-state index contributed by atoms with van der Waals surface area (Å²) in [6, 6.07) is 4.52. The lowest BCUT2D eigenvalue weighted by Gasteiger charge is -2.37. The molecule has 0 aromatic heterocycles. The summed E-state index contributed by atoms with van der Waals surface area (Å²) in [5.74, 6) is -18.3. The van der Waals surface area contributed by atoms with Gasteiger partial charge >= 0.3 is 48.6 Å². The van der Waals surface area contributed by atoms with Crippen LogP contribution in [0.1, 0.15) is 0 Å². The molecule has 0 N–H and O–H groups in total. The van der Waals surface area contributed by atoms with Gasteiger partial charge in [0.1, 0.15) is 5.75 Å². The summed E-state index contributed by atoms with van der Waals surface area (Å²) in [5.41, 5.74) is 0.